The first-order valence-electron chi connectivity index (χ1n) is 29.2. The minimum atomic E-state index is -1.23. The second-order valence-electron chi connectivity index (χ2n) is 20.7. The van der Waals surface area contributed by atoms with Crippen LogP contribution in [0.5, 0.6) is 17.2 Å². The zero-order valence-electron chi connectivity index (χ0n) is 49.0. The molecule has 0 unspecified atom stereocenters. The highest BCUT2D eigenvalue weighted by molar-refractivity contribution is 7.80. The average Bonchev–Trinajstić information content (AvgIpc) is 1.64. The number of phenolic OH excluding ortho intramolecular Hbond substituents is 2. The number of ether oxygens (including phenoxy) is 8. The van der Waals surface area contributed by atoms with Crippen LogP contribution < -0.4 is 26.0 Å². The third-order valence-electron chi connectivity index (χ3n) is 14.6. The molecular formula is C65H68N8O14S2. The van der Waals surface area contributed by atoms with Crippen LogP contribution in [0.3, 0.4) is 0 Å². The Labute approximate surface area is 522 Å². The van der Waals surface area contributed by atoms with Gasteiger partial charge in [0.25, 0.3) is 5.91 Å². The number of hydrogen-bond acceptors (Lipinski definition) is 19. The van der Waals surface area contributed by atoms with Crippen molar-refractivity contribution >= 4 is 74.3 Å². The molecule has 6 N–H and O–H groups in total. The Kier molecular flexibility index (Phi) is 22.0. The van der Waals surface area contributed by atoms with Gasteiger partial charge in [0.2, 0.25) is 5.91 Å². The highest BCUT2D eigenvalue weighted by atomic mass is 32.1. The number of esters is 2. The van der Waals surface area contributed by atoms with E-state index in [9.17, 15) is 29.4 Å². The number of benzene rings is 5. The van der Waals surface area contributed by atoms with Crippen LogP contribution in [0, 0.1) is 6.92 Å². The van der Waals surface area contributed by atoms with Crippen LogP contribution >= 0.6 is 23.6 Å². The Morgan fingerprint density at radius 2 is 1.34 bits per heavy atom. The van der Waals surface area contributed by atoms with E-state index in [0.29, 0.717) is 161 Å². The van der Waals surface area contributed by atoms with Crippen LogP contribution in [-0.2, 0) is 67.9 Å². The SMILES string of the molecule is Cc1nc2cc(C(=O)Nc3nc(-c4ccccn4)cs3)ccc2n1CCCC(=O)NCc1ccc(OC(=O)CCOCCOCCOCCOCCOCCOCCNC(=S)Nc2ccc3c(c2)C(=O)OC32c3ccc(O)cc3Cc3cc(O)ccc32)cc1. The van der Waals surface area contributed by atoms with Gasteiger partial charge in [-0.25, -0.2) is 14.8 Å². The number of aryl methyl sites for hydroxylation is 2. The number of rotatable bonds is 32. The topological polar surface area (TPSA) is 274 Å². The number of thiocarbonyl (C=S) groups is 1. The molecule has 8 aromatic rings. The van der Waals surface area contributed by atoms with E-state index < -0.39 is 17.5 Å². The summed E-state index contributed by atoms with van der Waals surface area (Å²) in [4.78, 5) is 65.2. The maximum atomic E-state index is 13.5. The molecule has 0 saturated carbocycles. The molecule has 0 saturated heterocycles. The van der Waals surface area contributed by atoms with Gasteiger partial charge in [-0.3, -0.25) is 24.7 Å². The molecular weight excluding hydrogens is 1180 g/mol. The number of anilines is 2. The average molecular weight is 1250 g/mol. The number of nitrogens with one attached hydrogen (secondary N) is 4. The summed E-state index contributed by atoms with van der Waals surface area (Å²) in [7, 11) is 0. The zero-order chi connectivity index (χ0) is 62.0. The van der Waals surface area contributed by atoms with Gasteiger partial charge in [0, 0.05) is 65.6 Å². The number of aromatic hydroxyl groups is 2. The standard InChI is InChI=1S/C65H68N8O14S2/c1-42-69-56-38-44(61(78)72-64-71-57(41-89-64)55-5-2-3-20-66-55)9-18-58(56)73(42)22-4-6-59(76)68-40-43-7-13-50(14-8-43)86-60(77)19-23-80-25-27-82-29-31-84-33-34-85-32-30-83-28-26-81-24-21-67-63(88)70-47-10-15-54-51(39-47)62(79)87-65(54)52-16-11-48(74)36-45(52)35-46-37-49(75)12-17-53(46)65/h2-3,5,7-18,20,36-39,41,74-75H,4,6,19,21-35,40H2,1H3,(H,68,76)(H2,67,70,88)(H,71,72,78). The number of pyridine rings is 1. The fourth-order valence-electron chi connectivity index (χ4n) is 10.4. The number of phenols is 2. The molecule has 0 atom stereocenters. The van der Waals surface area contributed by atoms with E-state index in [2.05, 4.69) is 36.2 Å². The van der Waals surface area contributed by atoms with Crippen molar-refractivity contribution in [3.8, 4) is 28.6 Å². The summed E-state index contributed by atoms with van der Waals surface area (Å²) in [6.45, 7) is 7.68. The summed E-state index contributed by atoms with van der Waals surface area (Å²) in [5, 5.41) is 35.2. The van der Waals surface area contributed by atoms with E-state index in [1.807, 2.05) is 53.3 Å². The lowest BCUT2D eigenvalue weighted by molar-refractivity contribution is -0.135. The highest BCUT2D eigenvalue weighted by Crippen LogP contribution is 2.53. The number of aromatic nitrogens is 4. The van der Waals surface area contributed by atoms with Gasteiger partial charge in [-0.15, -0.1) is 11.3 Å². The molecule has 10 rings (SSSR count). The zero-order valence-corrected chi connectivity index (χ0v) is 50.6. The maximum absolute atomic E-state index is 13.5. The monoisotopic (exact) mass is 1250 g/mol. The minimum absolute atomic E-state index is 0.0726. The molecule has 2 amide bonds. The van der Waals surface area contributed by atoms with E-state index >= 15 is 0 Å². The fourth-order valence-corrected chi connectivity index (χ4v) is 11.3. The smallest absolute Gasteiger partial charge is 0.340 e. The second kappa shape index (κ2) is 31.0. The lowest BCUT2D eigenvalue weighted by Crippen LogP contribution is -2.35. The summed E-state index contributed by atoms with van der Waals surface area (Å²) in [5.74, 6) is 0.0866. The summed E-state index contributed by atoms with van der Waals surface area (Å²) in [6, 6.07) is 33.4. The van der Waals surface area contributed by atoms with Crippen molar-refractivity contribution in [2.24, 2.45) is 0 Å². The molecule has 1 aliphatic heterocycles. The van der Waals surface area contributed by atoms with Gasteiger partial charge in [0.15, 0.2) is 15.8 Å². The lowest BCUT2D eigenvalue weighted by atomic mass is 9.71. The van der Waals surface area contributed by atoms with E-state index in [4.69, 9.17) is 50.1 Å². The molecule has 464 valence electrons. The Bertz CT molecular complexity index is 3720. The van der Waals surface area contributed by atoms with Crippen LogP contribution in [0.25, 0.3) is 22.4 Å². The Morgan fingerprint density at radius 1 is 0.685 bits per heavy atom. The minimum Gasteiger partial charge on any atom is -0.508 e. The predicted molar refractivity (Wildman–Crippen MR) is 335 cm³/mol. The summed E-state index contributed by atoms with van der Waals surface area (Å²) in [5.41, 5.74) is 7.85. The molecule has 3 aromatic heterocycles. The molecule has 0 radical (unpaired) electrons. The van der Waals surface area contributed by atoms with Crippen molar-refractivity contribution in [3.63, 3.8) is 0 Å². The number of hydrogen-bond donors (Lipinski definition) is 6. The fraction of sp³-hybridized carbons (Fsp3) is 0.323. The number of fused-ring (bicyclic) bond motifs is 7. The van der Waals surface area contributed by atoms with Crippen molar-refractivity contribution in [2.45, 2.75) is 51.3 Å². The quantitative estimate of drug-likeness (QED) is 0.01000. The first kappa shape index (κ1) is 63.3. The molecule has 1 aliphatic carbocycles. The van der Waals surface area contributed by atoms with E-state index in [0.717, 1.165) is 44.9 Å². The van der Waals surface area contributed by atoms with Crippen molar-refractivity contribution < 1.29 is 67.3 Å². The number of amides is 2. The number of imidazole rings is 1. The van der Waals surface area contributed by atoms with Gasteiger partial charge in [-0.2, -0.15) is 0 Å². The van der Waals surface area contributed by atoms with Crippen molar-refractivity contribution in [3.05, 3.63) is 177 Å². The molecule has 1 spiro atoms. The van der Waals surface area contributed by atoms with Crippen LogP contribution in [-0.4, -0.2) is 144 Å². The third kappa shape index (κ3) is 16.7. The molecule has 0 fully saturated rings. The van der Waals surface area contributed by atoms with Gasteiger partial charge in [0.1, 0.15) is 28.8 Å². The van der Waals surface area contributed by atoms with Gasteiger partial charge in [-0.05, 0) is 128 Å². The van der Waals surface area contributed by atoms with Crippen LogP contribution in [0.15, 0.2) is 127 Å². The van der Waals surface area contributed by atoms with Crippen LogP contribution in [0.2, 0.25) is 0 Å². The molecule has 22 nitrogen and oxygen atoms in total. The first-order valence-corrected chi connectivity index (χ1v) is 30.4. The van der Waals surface area contributed by atoms with Gasteiger partial charge in [-0.1, -0.05) is 36.4 Å². The van der Waals surface area contributed by atoms with Crippen LogP contribution in [0.4, 0.5) is 10.8 Å². The summed E-state index contributed by atoms with van der Waals surface area (Å²) in [6.07, 6.45) is 3.13. The van der Waals surface area contributed by atoms with E-state index in [1.165, 1.54) is 11.3 Å². The van der Waals surface area contributed by atoms with Crippen LogP contribution in [0.1, 0.15) is 79.2 Å². The molecule has 89 heavy (non-hydrogen) atoms. The van der Waals surface area contributed by atoms with E-state index in [-0.39, 0.29) is 36.3 Å². The van der Waals surface area contributed by atoms with Crippen molar-refractivity contribution in [1.82, 2.24) is 30.2 Å². The number of carbonyl (C=O) groups is 4. The number of carbonyl (C=O) groups excluding carboxylic acids is 4. The lowest BCUT2D eigenvalue weighted by Gasteiger charge is -2.37. The normalized spacial score (nSPS) is 12.7. The Balaban J connectivity index is 0.494. The third-order valence-corrected chi connectivity index (χ3v) is 15.6. The second-order valence-corrected chi connectivity index (χ2v) is 22.0. The Hall–Kier alpha value is -8.72. The largest absolute Gasteiger partial charge is 0.508 e. The molecule has 2 aliphatic rings. The van der Waals surface area contributed by atoms with Crippen molar-refractivity contribution in [2.75, 3.05) is 96.5 Å². The summed E-state index contributed by atoms with van der Waals surface area (Å²) >= 11 is 6.83. The number of thiazole rings is 1. The maximum Gasteiger partial charge on any atom is 0.340 e. The van der Waals surface area contributed by atoms with Gasteiger partial charge in [0.05, 0.1) is 108 Å². The Morgan fingerprint density at radius 3 is 2.00 bits per heavy atom. The molecule has 0 bridgehead atoms. The molecule has 5 aromatic carbocycles. The van der Waals surface area contributed by atoms with E-state index in [1.54, 1.807) is 85.1 Å². The summed E-state index contributed by atoms with van der Waals surface area (Å²) < 4.78 is 47.2. The van der Waals surface area contributed by atoms with Gasteiger partial charge < -0.3 is 68.6 Å². The number of nitrogens with zero attached hydrogens (tertiary/aromatic N) is 4. The first-order chi connectivity index (χ1) is 43.4. The highest BCUT2D eigenvalue weighted by Gasteiger charge is 2.52. The molecule has 24 heteroatoms. The predicted octanol–water partition coefficient (Wildman–Crippen LogP) is 8.37. The van der Waals surface area contributed by atoms with Crippen molar-refractivity contribution in [1.29, 1.82) is 0 Å². The van der Waals surface area contributed by atoms with Gasteiger partial charge >= 0.3 is 11.9 Å². The molecule has 4 heterocycles.